The number of hydrogen-bond acceptors (Lipinski definition) is 2. The molecule has 3 aromatic rings. The maximum atomic E-state index is 12.3. The Balaban J connectivity index is 1.84. The molecule has 0 saturated heterocycles. The zero-order valence-electron chi connectivity index (χ0n) is 13.4. The van der Waals surface area contributed by atoms with Crippen molar-refractivity contribution in [1.82, 2.24) is 9.88 Å². The molecule has 2 amide bonds. The number of benzene rings is 2. The molecule has 0 radical (unpaired) electrons. The summed E-state index contributed by atoms with van der Waals surface area (Å²) in [7, 11) is 1.95. The molecule has 0 bridgehead atoms. The van der Waals surface area contributed by atoms with Crippen LogP contribution in [0.25, 0.3) is 10.9 Å². The Morgan fingerprint density at radius 3 is 2.46 bits per heavy atom. The van der Waals surface area contributed by atoms with Crippen molar-refractivity contribution in [3.63, 3.8) is 0 Å². The first-order valence-electron chi connectivity index (χ1n) is 7.74. The summed E-state index contributed by atoms with van der Waals surface area (Å²) in [6.07, 6.45) is 2.32. The minimum atomic E-state index is -0.761. The lowest BCUT2D eigenvalue weighted by atomic mass is 10.0. The largest absolute Gasteiger partial charge is 0.368 e. The summed E-state index contributed by atoms with van der Waals surface area (Å²) in [6.45, 7) is 0. The van der Waals surface area contributed by atoms with Crippen LogP contribution in [-0.4, -0.2) is 22.4 Å². The molecule has 0 fully saturated rings. The van der Waals surface area contributed by atoms with E-state index in [1.165, 1.54) is 0 Å². The lowest BCUT2D eigenvalue weighted by Crippen LogP contribution is -2.45. The summed E-state index contributed by atoms with van der Waals surface area (Å²) in [5.41, 5.74) is 8.05. The summed E-state index contributed by atoms with van der Waals surface area (Å²) < 4.78 is 2.00. The van der Waals surface area contributed by atoms with Gasteiger partial charge in [-0.3, -0.25) is 9.59 Å². The number of amides is 2. The summed E-state index contributed by atoms with van der Waals surface area (Å²) in [6, 6.07) is 16.0. The molecule has 1 aromatic heterocycles. The topological polar surface area (TPSA) is 77.1 Å². The predicted molar refractivity (Wildman–Crippen MR) is 93.5 cm³/mol. The fourth-order valence-corrected chi connectivity index (χ4v) is 2.86. The number of fused-ring (bicyclic) bond motifs is 1. The minimum Gasteiger partial charge on any atom is -0.368 e. The SMILES string of the molecule is Cn1cc(CC(NC(=O)c2ccccc2)C(N)=O)c2ccccc21. The average Bonchev–Trinajstić information content (AvgIpc) is 2.91. The molecular formula is C19H19N3O2. The van der Waals surface area contributed by atoms with E-state index in [4.69, 9.17) is 5.73 Å². The van der Waals surface area contributed by atoms with Crippen LogP contribution in [-0.2, 0) is 18.3 Å². The normalized spacial score (nSPS) is 12.0. The smallest absolute Gasteiger partial charge is 0.251 e. The number of carbonyl (C=O) groups excluding carboxylic acids is 2. The van der Waals surface area contributed by atoms with Gasteiger partial charge < -0.3 is 15.6 Å². The van der Waals surface area contributed by atoms with Crippen LogP contribution in [0, 0.1) is 0 Å². The van der Waals surface area contributed by atoms with Crippen LogP contribution < -0.4 is 11.1 Å². The molecule has 2 aromatic carbocycles. The van der Waals surface area contributed by atoms with Gasteiger partial charge in [0.2, 0.25) is 5.91 Å². The number of para-hydroxylation sites is 1. The van der Waals surface area contributed by atoms with Crippen LogP contribution in [0.1, 0.15) is 15.9 Å². The minimum absolute atomic E-state index is 0.306. The van der Waals surface area contributed by atoms with Gasteiger partial charge in [-0.2, -0.15) is 0 Å². The lowest BCUT2D eigenvalue weighted by Gasteiger charge is -2.15. The Kier molecular flexibility index (Phi) is 4.33. The van der Waals surface area contributed by atoms with Crippen molar-refractivity contribution in [3.8, 4) is 0 Å². The van der Waals surface area contributed by atoms with Crippen LogP contribution in [0.3, 0.4) is 0 Å². The highest BCUT2D eigenvalue weighted by Crippen LogP contribution is 2.21. The van der Waals surface area contributed by atoms with Crippen LogP contribution in [0.2, 0.25) is 0 Å². The Hall–Kier alpha value is -3.08. The first-order chi connectivity index (χ1) is 11.6. The Labute approximate surface area is 140 Å². The van der Waals surface area contributed by atoms with Crippen molar-refractivity contribution in [3.05, 3.63) is 71.9 Å². The monoisotopic (exact) mass is 321 g/mol. The molecular weight excluding hydrogens is 302 g/mol. The first kappa shape index (κ1) is 15.8. The van der Waals surface area contributed by atoms with Crippen molar-refractivity contribution >= 4 is 22.7 Å². The zero-order valence-corrected chi connectivity index (χ0v) is 13.4. The van der Waals surface area contributed by atoms with E-state index in [1.54, 1.807) is 24.3 Å². The fraction of sp³-hybridized carbons (Fsp3) is 0.158. The van der Waals surface area contributed by atoms with Gasteiger partial charge in [-0.15, -0.1) is 0 Å². The second-order valence-corrected chi connectivity index (χ2v) is 5.78. The van der Waals surface area contributed by atoms with Crippen molar-refractivity contribution in [2.24, 2.45) is 12.8 Å². The molecule has 1 atom stereocenters. The molecule has 122 valence electrons. The Morgan fingerprint density at radius 2 is 1.75 bits per heavy atom. The van der Waals surface area contributed by atoms with E-state index < -0.39 is 11.9 Å². The lowest BCUT2D eigenvalue weighted by molar-refractivity contribution is -0.119. The van der Waals surface area contributed by atoms with Gasteiger partial charge in [0.15, 0.2) is 0 Å². The summed E-state index contributed by atoms with van der Waals surface area (Å²) in [5, 5.41) is 3.79. The van der Waals surface area contributed by atoms with Gasteiger partial charge in [-0.25, -0.2) is 0 Å². The van der Waals surface area contributed by atoms with Crippen LogP contribution in [0.15, 0.2) is 60.8 Å². The first-order valence-corrected chi connectivity index (χ1v) is 7.74. The van der Waals surface area contributed by atoms with E-state index in [0.717, 1.165) is 16.5 Å². The third kappa shape index (κ3) is 3.15. The number of hydrogen-bond donors (Lipinski definition) is 2. The number of nitrogens with one attached hydrogen (secondary N) is 1. The van der Waals surface area contributed by atoms with Gasteiger partial charge >= 0.3 is 0 Å². The van der Waals surface area contributed by atoms with Crippen LogP contribution >= 0.6 is 0 Å². The quantitative estimate of drug-likeness (QED) is 0.754. The molecule has 0 aliphatic heterocycles. The predicted octanol–water partition coefficient (Wildman–Crippen LogP) is 2.00. The molecule has 1 unspecified atom stereocenters. The molecule has 0 saturated carbocycles. The standard InChI is InChI=1S/C19H19N3O2/c1-22-12-14(15-9-5-6-10-17(15)22)11-16(18(20)23)21-19(24)13-7-3-2-4-8-13/h2-10,12,16H,11H2,1H3,(H2,20,23)(H,21,24). The van der Waals surface area contributed by atoms with Crippen LogP contribution in [0.4, 0.5) is 0 Å². The van der Waals surface area contributed by atoms with Crippen molar-refractivity contribution in [2.45, 2.75) is 12.5 Å². The fourth-order valence-electron chi connectivity index (χ4n) is 2.86. The van der Waals surface area contributed by atoms with E-state index in [1.807, 2.05) is 48.1 Å². The number of aromatic nitrogens is 1. The average molecular weight is 321 g/mol. The summed E-state index contributed by atoms with van der Waals surface area (Å²) in [5.74, 6) is -0.855. The van der Waals surface area contributed by atoms with E-state index in [0.29, 0.717) is 12.0 Å². The van der Waals surface area contributed by atoms with Gasteiger partial charge in [0, 0.05) is 36.1 Å². The van der Waals surface area contributed by atoms with Crippen molar-refractivity contribution in [1.29, 1.82) is 0 Å². The van der Waals surface area contributed by atoms with Crippen molar-refractivity contribution < 1.29 is 9.59 Å². The highest BCUT2D eigenvalue weighted by atomic mass is 16.2. The molecule has 0 spiro atoms. The summed E-state index contributed by atoms with van der Waals surface area (Å²) in [4.78, 5) is 24.1. The molecule has 1 heterocycles. The maximum Gasteiger partial charge on any atom is 0.251 e. The third-order valence-corrected chi connectivity index (χ3v) is 4.09. The number of rotatable bonds is 5. The highest BCUT2D eigenvalue weighted by molar-refractivity contribution is 5.97. The second-order valence-electron chi connectivity index (χ2n) is 5.78. The molecule has 3 N–H and O–H groups in total. The second kappa shape index (κ2) is 6.58. The third-order valence-electron chi connectivity index (χ3n) is 4.09. The van der Waals surface area contributed by atoms with Gasteiger partial charge in [0.05, 0.1) is 0 Å². The maximum absolute atomic E-state index is 12.3. The Bertz CT molecular complexity index is 884. The number of primary amides is 1. The molecule has 3 rings (SSSR count). The van der Waals surface area contributed by atoms with Gasteiger partial charge in [-0.1, -0.05) is 36.4 Å². The van der Waals surface area contributed by atoms with E-state index >= 15 is 0 Å². The molecule has 5 heteroatoms. The number of nitrogens with two attached hydrogens (primary N) is 1. The van der Waals surface area contributed by atoms with E-state index in [9.17, 15) is 9.59 Å². The molecule has 5 nitrogen and oxygen atoms in total. The van der Waals surface area contributed by atoms with Crippen LogP contribution in [0.5, 0.6) is 0 Å². The molecule has 0 aliphatic carbocycles. The number of aryl methyl sites for hydroxylation is 1. The van der Waals surface area contributed by atoms with Gasteiger partial charge in [-0.05, 0) is 23.8 Å². The van der Waals surface area contributed by atoms with Crippen molar-refractivity contribution in [2.75, 3.05) is 0 Å². The number of nitrogens with zero attached hydrogens (tertiary/aromatic N) is 1. The van der Waals surface area contributed by atoms with E-state index in [2.05, 4.69) is 5.32 Å². The van der Waals surface area contributed by atoms with E-state index in [-0.39, 0.29) is 5.91 Å². The highest BCUT2D eigenvalue weighted by Gasteiger charge is 2.21. The molecule has 0 aliphatic rings. The zero-order chi connectivity index (χ0) is 17.1. The number of carbonyl (C=O) groups is 2. The van der Waals surface area contributed by atoms with Gasteiger partial charge in [0.1, 0.15) is 6.04 Å². The Morgan fingerprint density at radius 1 is 1.08 bits per heavy atom. The molecule has 24 heavy (non-hydrogen) atoms. The van der Waals surface area contributed by atoms with Gasteiger partial charge in [0.25, 0.3) is 5.91 Å². The summed E-state index contributed by atoms with van der Waals surface area (Å²) >= 11 is 0.